The number of benzene rings is 1. The Morgan fingerprint density at radius 1 is 1.33 bits per heavy atom. The van der Waals surface area contributed by atoms with Crippen molar-refractivity contribution in [1.82, 2.24) is 4.98 Å². The number of hydrogen-bond donors (Lipinski definition) is 2. The number of nitrogens with zero attached hydrogens (tertiary/aromatic N) is 1. The highest BCUT2D eigenvalue weighted by atomic mass is 79.9. The van der Waals surface area contributed by atoms with Crippen molar-refractivity contribution in [2.75, 3.05) is 5.32 Å². The Balaban J connectivity index is 2.22. The van der Waals surface area contributed by atoms with Crippen LogP contribution in [-0.2, 0) is 0 Å². The average molecular weight is 370 g/mol. The van der Waals surface area contributed by atoms with Crippen LogP contribution in [0.5, 0.6) is 0 Å². The molecule has 0 aliphatic rings. The smallest absolute Gasteiger partial charge is 0.337 e. The SMILES string of the molecule is Cc1cc(Br)c(NC(=O)c2ccc(C(=O)O)cn2)cc1Cl. The van der Waals surface area contributed by atoms with Gasteiger partial charge in [-0.3, -0.25) is 9.78 Å². The Kier molecular flexibility index (Phi) is 4.59. The molecule has 21 heavy (non-hydrogen) atoms. The van der Waals surface area contributed by atoms with Gasteiger partial charge in [0.1, 0.15) is 5.69 Å². The van der Waals surface area contributed by atoms with Crippen molar-refractivity contribution in [2.45, 2.75) is 6.92 Å². The number of hydrogen-bond acceptors (Lipinski definition) is 3. The summed E-state index contributed by atoms with van der Waals surface area (Å²) in [6.45, 7) is 1.85. The fourth-order valence-electron chi connectivity index (χ4n) is 1.58. The number of aromatic carboxylic acids is 1. The van der Waals surface area contributed by atoms with Crippen LogP contribution in [0, 0.1) is 6.92 Å². The number of aryl methyl sites for hydroxylation is 1. The molecule has 0 aliphatic heterocycles. The highest BCUT2D eigenvalue weighted by molar-refractivity contribution is 9.10. The zero-order valence-electron chi connectivity index (χ0n) is 10.9. The molecule has 1 amide bonds. The van der Waals surface area contributed by atoms with E-state index >= 15 is 0 Å². The molecular weight excluding hydrogens is 360 g/mol. The third kappa shape index (κ3) is 3.59. The molecule has 2 N–H and O–H groups in total. The maximum absolute atomic E-state index is 12.1. The van der Waals surface area contributed by atoms with Gasteiger partial charge >= 0.3 is 5.97 Å². The number of carboxylic acid groups (broad SMARTS) is 1. The van der Waals surface area contributed by atoms with E-state index in [1.807, 2.05) is 6.92 Å². The summed E-state index contributed by atoms with van der Waals surface area (Å²) in [5.41, 5.74) is 1.53. The summed E-state index contributed by atoms with van der Waals surface area (Å²) >= 11 is 9.36. The van der Waals surface area contributed by atoms with E-state index in [0.717, 1.165) is 11.8 Å². The minimum atomic E-state index is -1.09. The number of rotatable bonds is 3. The van der Waals surface area contributed by atoms with Gasteiger partial charge in [0.15, 0.2) is 0 Å². The fourth-order valence-corrected chi connectivity index (χ4v) is 2.30. The lowest BCUT2D eigenvalue weighted by molar-refractivity contribution is 0.0696. The molecule has 0 unspecified atom stereocenters. The summed E-state index contributed by atoms with van der Waals surface area (Å²) in [6.07, 6.45) is 1.13. The highest BCUT2D eigenvalue weighted by Crippen LogP contribution is 2.29. The van der Waals surface area contributed by atoms with E-state index in [4.69, 9.17) is 16.7 Å². The van der Waals surface area contributed by atoms with Crippen LogP contribution in [0.15, 0.2) is 34.9 Å². The van der Waals surface area contributed by atoms with E-state index in [9.17, 15) is 9.59 Å². The first-order chi connectivity index (χ1) is 9.88. The molecule has 0 radical (unpaired) electrons. The van der Waals surface area contributed by atoms with Crippen LogP contribution in [0.25, 0.3) is 0 Å². The van der Waals surface area contributed by atoms with E-state index in [0.29, 0.717) is 15.2 Å². The molecule has 2 rings (SSSR count). The van der Waals surface area contributed by atoms with Crippen molar-refractivity contribution < 1.29 is 14.7 Å². The first-order valence-electron chi connectivity index (χ1n) is 5.85. The quantitative estimate of drug-likeness (QED) is 0.863. The summed E-state index contributed by atoms with van der Waals surface area (Å²) in [6, 6.07) is 6.09. The van der Waals surface area contributed by atoms with Crippen LogP contribution in [-0.4, -0.2) is 22.0 Å². The van der Waals surface area contributed by atoms with E-state index in [1.165, 1.54) is 12.1 Å². The van der Waals surface area contributed by atoms with Gasteiger partial charge < -0.3 is 10.4 Å². The van der Waals surface area contributed by atoms with Crippen molar-refractivity contribution in [3.8, 4) is 0 Å². The Hall–Kier alpha value is -1.92. The molecule has 0 spiro atoms. The second-order valence-electron chi connectivity index (χ2n) is 4.27. The number of aromatic nitrogens is 1. The Bertz CT molecular complexity index is 717. The van der Waals surface area contributed by atoms with Crippen molar-refractivity contribution in [3.05, 3.63) is 56.8 Å². The van der Waals surface area contributed by atoms with Crippen LogP contribution in [0.3, 0.4) is 0 Å². The van der Waals surface area contributed by atoms with E-state index in [-0.39, 0.29) is 11.3 Å². The molecule has 108 valence electrons. The molecule has 7 heteroatoms. The predicted octanol–water partition coefficient (Wildman–Crippen LogP) is 3.76. The molecule has 1 aromatic carbocycles. The first-order valence-corrected chi connectivity index (χ1v) is 7.02. The zero-order chi connectivity index (χ0) is 15.6. The van der Waals surface area contributed by atoms with Gasteiger partial charge in [0.2, 0.25) is 0 Å². The van der Waals surface area contributed by atoms with Crippen LogP contribution in [0.2, 0.25) is 5.02 Å². The fraction of sp³-hybridized carbons (Fsp3) is 0.0714. The standard InChI is InChI=1S/C14H10BrClN2O3/c1-7-4-9(15)12(5-10(7)16)18-13(19)11-3-2-8(6-17-11)14(20)21/h2-6H,1H3,(H,18,19)(H,20,21). The molecule has 1 aromatic heterocycles. The monoisotopic (exact) mass is 368 g/mol. The van der Waals surface area contributed by atoms with E-state index < -0.39 is 11.9 Å². The summed E-state index contributed by atoms with van der Waals surface area (Å²) in [5, 5.41) is 12.0. The lowest BCUT2D eigenvalue weighted by Crippen LogP contribution is -2.14. The number of carbonyl (C=O) groups is 2. The first kappa shape index (κ1) is 15.5. The minimum absolute atomic E-state index is 0.0195. The van der Waals surface area contributed by atoms with Crippen LogP contribution < -0.4 is 5.32 Å². The Morgan fingerprint density at radius 2 is 2.05 bits per heavy atom. The molecule has 2 aromatic rings. The molecular formula is C14H10BrClN2O3. The summed E-state index contributed by atoms with van der Waals surface area (Å²) in [5.74, 6) is -1.55. The number of carboxylic acids is 1. The zero-order valence-corrected chi connectivity index (χ0v) is 13.2. The lowest BCUT2D eigenvalue weighted by atomic mass is 10.2. The van der Waals surface area contributed by atoms with Crippen LogP contribution in [0.1, 0.15) is 26.4 Å². The number of nitrogens with one attached hydrogen (secondary N) is 1. The third-order valence-electron chi connectivity index (χ3n) is 2.74. The second kappa shape index (κ2) is 6.24. The van der Waals surface area contributed by atoms with Gasteiger partial charge in [0.25, 0.3) is 5.91 Å². The normalized spacial score (nSPS) is 10.2. The van der Waals surface area contributed by atoms with Crippen LogP contribution >= 0.6 is 27.5 Å². The highest BCUT2D eigenvalue weighted by Gasteiger charge is 2.12. The summed E-state index contributed by atoms with van der Waals surface area (Å²) in [7, 11) is 0. The molecule has 0 saturated carbocycles. The number of amides is 1. The molecule has 5 nitrogen and oxygen atoms in total. The molecule has 0 bridgehead atoms. The molecule has 0 atom stereocenters. The van der Waals surface area contributed by atoms with Gasteiger partial charge in [-0.05, 0) is 52.7 Å². The van der Waals surface area contributed by atoms with Gasteiger partial charge in [0, 0.05) is 15.7 Å². The number of pyridine rings is 1. The number of halogens is 2. The maximum atomic E-state index is 12.1. The summed E-state index contributed by atoms with van der Waals surface area (Å²) in [4.78, 5) is 26.6. The predicted molar refractivity (Wildman–Crippen MR) is 83.0 cm³/mol. The maximum Gasteiger partial charge on any atom is 0.337 e. The van der Waals surface area contributed by atoms with Crippen molar-refractivity contribution in [3.63, 3.8) is 0 Å². The van der Waals surface area contributed by atoms with Crippen LogP contribution in [0.4, 0.5) is 5.69 Å². The van der Waals surface area contributed by atoms with Crippen molar-refractivity contribution >= 4 is 45.1 Å². The Morgan fingerprint density at radius 3 is 2.62 bits per heavy atom. The van der Waals surface area contributed by atoms with E-state index in [2.05, 4.69) is 26.2 Å². The van der Waals surface area contributed by atoms with E-state index in [1.54, 1.807) is 12.1 Å². The molecule has 0 aliphatic carbocycles. The number of carbonyl (C=O) groups excluding carboxylic acids is 1. The van der Waals surface area contributed by atoms with Gasteiger partial charge in [-0.2, -0.15) is 0 Å². The number of anilines is 1. The minimum Gasteiger partial charge on any atom is -0.478 e. The topological polar surface area (TPSA) is 79.3 Å². The average Bonchev–Trinajstić information content (AvgIpc) is 2.44. The molecule has 0 saturated heterocycles. The van der Waals surface area contributed by atoms with Crippen molar-refractivity contribution in [2.24, 2.45) is 0 Å². The third-order valence-corrected chi connectivity index (χ3v) is 3.80. The van der Waals surface area contributed by atoms with Gasteiger partial charge in [0.05, 0.1) is 11.3 Å². The lowest BCUT2D eigenvalue weighted by Gasteiger charge is -2.09. The van der Waals surface area contributed by atoms with Gasteiger partial charge in [-0.25, -0.2) is 4.79 Å². The molecule has 0 fully saturated rings. The Labute approximate surface area is 134 Å². The largest absolute Gasteiger partial charge is 0.478 e. The molecule has 1 heterocycles. The van der Waals surface area contributed by atoms with Gasteiger partial charge in [-0.15, -0.1) is 0 Å². The van der Waals surface area contributed by atoms with Gasteiger partial charge in [-0.1, -0.05) is 11.6 Å². The second-order valence-corrected chi connectivity index (χ2v) is 5.53. The van der Waals surface area contributed by atoms with Crippen molar-refractivity contribution in [1.29, 1.82) is 0 Å². The summed E-state index contributed by atoms with van der Waals surface area (Å²) < 4.78 is 0.694.